The van der Waals surface area contributed by atoms with Gasteiger partial charge in [0.15, 0.2) is 5.78 Å². The van der Waals surface area contributed by atoms with Crippen LogP contribution in [0, 0.1) is 11.8 Å². The van der Waals surface area contributed by atoms with Gasteiger partial charge in [-0.3, -0.25) is 14.4 Å². The van der Waals surface area contributed by atoms with Crippen LogP contribution in [0.25, 0.3) is 10.8 Å². The highest BCUT2D eigenvalue weighted by Gasteiger charge is 2.41. The van der Waals surface area contributed by atoms with Gasteiger partial charge in [0.1, 0.15) is 11.7 Å². The predicted molar refractivity (Wildman–Crippen MR) is 86.1 cm³/mol. The molecule has 1 aliphatic rings. The Hall–Kier alpha value is -2.49. The van der Waals surface area contributed by atoms with Gasteiger partial charge in [-0.05, 0) is 29.2 Å². The molecule has 0 saturated heterocycles. The van der Waals surface area contributed by atoms with Crippen LogP contribution in [-0.2, 0) is 14.3 Å². The van der Waals surface area contributed by atoms with Crippen molar-refractivity contribution in [2.45, 2.75) is 19.3 Å². The summed E-state index contributed by atoms with van der Waals surface area (Å²) in [7, 11) is 1.27. The smallest absolute Gasteiger partial charge is 0.316 e. The Balaban J connectivity index is 1.80. The number of carbonyl (C=O) groups is 3. The van der Waals surface area contributed by atoms with E-state index in [1.807, 2.05) is 36.4 Å². The number of hydrogen-bond acceptors (Lipinski definition) is 4. The lowest BCUT2D eigenvalue weighted by Gasteiger charge is -2.15. The molecule has 0 N–H and O–H groups in total. The molecule has 0 spiro atoms. The Morgan fingerprint density at radius 1 is 1.13 bits per heavy atom. The molecule has 1 saturated carbocycles. The zero-order valence-electron chi connectivity index (χ0n) is 13.0. The van der Waals surface area contributed by atoms with Crippen molar-refractivity contribution in [3.63, 3.8) is 0 Å². The molecule has 0 heterocycles. The molecule has 0 aliphatic heterocycles. The standard InChI is InChI=1S/C19H18O4/c1-23-19(22)18-15(8-9-16(18)20)11-17(21)14-7-6-12-4-2-3-5-13(12)10-14/h2-7,10,15,18H,8-9,11H2,1H3/t15-,18-/m1/s1. The second-order valence-corrected chi connectivity index (χ2v) is 5.96. The normalized spacial score (nSPS) is 20.7. The number of carbonyl (C=O) groups excluding carboxylic acids is 3. The third kappa shape index (κ3) is 3.02. The minimum Gasteiger partial charge on any atom is -0.468 e. The van der Waals surface area contributed by atoms with Crippen LogP contribution in [0.1, 0.15) is 29.6 Å². The topological polar surface area (TPSA) is 60.4 Å². The van der Waals surface area contributed by atoms with E-state index in [0.717, 1.165) is 10.8 Å². The lowest BCUT2D eigenvalue weighted by atomic mass is 9.88. The summed E-state index contributed by atoms with van der Waals surface area (Å²) in [6.45, 7) is 0. The van der Waals surface area contributed by atoms with Crippen LogP contribution < -0.4 is 0 Å². The molecule has 0 radical (unpaired) electrons. The summed E-state index contributed by atoms with van der Waals surface area (Å²) in [5, 5.41) is 2.08. The van der Waals surface area contributed by atoms with Gasteiger partial charge in [-0.15, -0.1) is 0 Å². The van der Waals surface area contributed by atoms with Crippen molar-refractivity contribution in [3.05, 3.63) is 48.0 Å². The Morgan fingerprint density at radius 2 is 1.87 bits per heavy atom. The number of methoxy groups -OCH3 is 1. The molecule has 2 aromatic carbocycles. The first-order valence-corrected chi connectivity index (χ1v) is 7.72. The fraction of sp³-hybridized carbons (Fsp3) is 0.316. The van der Waals surface area contributed by atoms with Gasteiger partial charge in [0.2, 0.25) is 0 Å². The second kappa shape index (κ2) is 6.32. The van der Waals surface area contributed by atoms with Crippen molar-refractivity contribution < 1.29 is 19.1 Å². The molecule has 0 bridgehead atoms. The third-order valence-corrected chi connectivity index (χ3v) is 4.55. The predicted octanol–water partition coefficient (Wildman–Crippen LogP) is 3.18. The number of benzene rings is 2. The average molecular weight is 310 g/mol. The fourth-order valence-electron chi connectivity index (χ4n) is 3.30. The molecule has 3 rings (SSSR count). The van der Waals surface area contributed by atoms with Crippen LogP contribution in [0.5, 0.6) is 0 Å². The maximum atomic E-state index is 12.5. The molecule has 23 heavy (non-hydrogen) atoms. The van der Waals surface area contributed by atoms with Gasteiger partial charge in [-0.1, -0.05) is 36.4 Å². The summed E-state index contributed by atoms with van der Waals surface area (Å²) in [6.07, 6.45) is 1.11. The van der Waals surface area contributed by atoms with E-state index in [-0.39, 0.29) is 23.9 Å². The molecule has 0 aromatic heterocycles. The van der Waals surface area contributed by atoms with Crippen LogP contribution in [-0.4, -0.2) is 24.6 Å². The summed E-state index contributed by atoms with van der Waals surface area (Å²) in [5.74, 6) is -1.72. The van der Waals surface area contributed by atoms with Crippen molar-refractivity contribution in [1.29, 1.82) is 0 Å². The highest BCUT2D eigenvalue weighted by atomic mass is 16.5. The quantitative estimate of drug-likeness (QED) is 0.494. The second-order valence-electron chi connectivity index (χ2n) is 5.96. The summed E-state index contributed by atoms with van der Waals surface area (Å²) < 4.78 is 4.71. The van der Waals surface area contributed by atoms with Crippen molar-refractivity contribution in [2.24, 2.45) is 11.8 Å². The van der Waals surface area contributed by atoms with Gasteiger partial charge in [0, 0.05) is 18.4 Å². The van der Waals surface area contributed by atoms with Gasteiger partial charge in [-0.2, -0.15) is 0 Å². The van der Waals surface area contributed by atoms with Gasteiger partial charge in [0.25, 0.3) is 0 Å². The lowest BCUT2D eigenvalue weighted by molar-refractivity contribution is -0.149. The largest absolute Gasteiger partial charge is 0.468 e. The Labute approximate surface area is 134 Å². The van der Waals surface area contributed by atoms with Gasteiger partial charge < -0.3 is 4.74 Å². The van der Waals surface area contributed by atoms with E-state index in [0.29, 0.717) is 18.4 Å². The zero-order valence-corrected chi connectivity index (χ0v) is 13.0. The highest BCUT2D eigenvalue weighted by Crippen LogP contribution is 2.33. The maximum Gasteiger partial charge on any atom is 0.316 e. The van der Waals surface area contributed by atoms with Crippen LogP contribution in [0.15, 0.2) is 42.5 Å². The van der Waals surface area contributed by atoms with Crippen LogP contribution >= 0.6 is 0 Å². The van der Waals surface area contributed by atoms with Gasteiger partial charge in [0.05, 0.1) is 7.11 Å². The van der Waals surface area contributed by atoms with E-state index < -0.39 is 11.9 Å². The molecule has 4 nitrogen and oxygen atoms in total. The first-order chi connectivity index (χ1) is 11.1. The van der Waals surface area contributed by atoms with Crippen LogP contribution in [0.3, 0.4) is 0 Å². The highest BCUT2D eigenvalue weighted by molar-refractivity contribution is 6.04. The van der Waals surface area contributed by atoms with Crippen molar-refractivity contribution >= 4 is 28.3 Å². The van der Waals surface area contributed by atoms with Crippen molar-refractivity contribution in [3.8, 4) is 0 Å². The summed E-state index contributed by atoms with van der Waals surface area (Å²) in [5.41, 5.74) is 0.617. The zero-order chi connectivity index (χ0) is 16.4. The van der Waals surface area contributed by atoms with E-state index in [2.05, 4.69) is 0 Å². The maximum absolute atomic E-state index is 12.5. The molecule has 1 aliphatic carbocycles. The molecular weight excluding hydrogens is 292 g/mol. The molecule has 2 aromatic rings. The van der Waals surface area contributed by atoms with Gasteiger partial charge >= 0.3 is 5.97 Å². The molecule has 0 amide bonds. The fourth-order valence-corrected chi connectivity index (χ4v) is 3.30. The Bertz CT molecular complexity index is 778. The van der Waals surface area contributed by atoms with Crippen LogP contribution in [0.2, 0.25) is 0 Å². The van der Waals surface area contributed by atoms with Crippen LogP contribution in [0.4, 0.5) is 0 Å². The first-order valence-electron chi connectivity index (χ1n) is 7.72. The van der Waals surface area contributed by atoms with E-state index in [1.165, 1.54) is 7.11 Å². The Morgan fingerprint density at radius 3 is 2.61 bits per heavy atom. The number of rotatable bonds is 4. The molecular formula is C19H18O4. The number of ketones is 2. The first kappa shape index (κ1) is 15.4. The third-order valence-electron chi connectivity index (χ3n) is 4.55. The van der Waals surface area contributed by atoms with E-state index in [1.54, 1.807) is 6.07 Å². The number of hydrogen-bond donors (Lipinski definition) is 0. The minimum atomic E-state index is -0.788. The summed E-state index contributed by atoms with van der Waals surface area (Å²) in [6, 6.07) is 13.4. The monoisotopic (exact) mass is 310 g/mol. The molecule has 2 atom stereocenters. The van der Waals surface area contributed by atoms with Crippen molar-refractivity contribution in [2.75, 3.05) is 7.11 Å². The van der Waals surface area contributed by atoms with Gasteiger partial charge in [-0.25, -0.2) is 0 Å². The Kier molecular flexibility index (Phi) is 4.24. The number of fused-ring (bicyclic) bond motifs is 1. The van der Waals surface area contributed by atoms with E-state index >= 15 is 0 Å². The van der Waals surface area contributed by atoms with E-state index in [4.69, 9.17) is 4.74 Å². The number of esters is 1. The average Bonchev–Trinajstić information content (AvgIpc) is 2.94. The summed E-state index contributed by atoms with van der Waals surface area (Å²) in [4.78, 5) is 36.2. The SMILES string of the molecule is COC(=O)[C@H]1C(=O)CC[C@@H]1CC(=O)c1ccc2ccccc2c1. The molecule has 4 heteroatoms. The number of Topliss-reactive ketones (excluding diaryl/α,β-unsaturated/α-hetero) is 2. The molecule has 118 valence electrons. The molecule has 1 fully saturated rings. The minimum absolute atomic E-state index is 0.0376. The van der Waals surface area contributed by atoms with Crippen molar-refractivity contribution in [1.82, 2.24) is 0 Å². The lowest BCUT2D eigenvalue weighted by Crippen LogP contribution is -2.27. The molecule has 0 unspecified atom stereocenters. The summed E-state index contributed by atoms with van der Waals surface area (Å²) >= 11 is 0. The van der Waals surface area contributed by atoms with E-state index in [9.17, 15) is 14.4 Å². The number of ether oxygens (including phenoxy) is 1.